The average Bonchev–Trinajstić information content (AvgIpc) is 3.14. The molecule has 1 fully saturated rings. The minimum Gasteiger partial charge on any atom is -0.347 e. The van der Waals surface area contributed by atoms with Crippen LogP contribution in [0.5, 0.6) is 0 Å². The SMILES string of the molecule is CN(C)C(=O)CNC(=O)CSc1nnc(Cc2cccs2)n1C1CC1. The van der Waals surface area contributed by atoms with Gasteiger partial charge in [0, 0.05) is 31.4 Å². The number of hydrogen-bond acceptors (Lipinski definition) is 6. The summed E-state index contributed by atoms with van der Waals surface area (Å²) in [5, 5.41) is 14.1. The number of carbonyl (C=O) groups excluding carboxylic acids is 2. The maximum absolute atomic E-state index is 11.9. The van der Waals surface area contributed by atoms with Crippen LogP contribution in [-0.4, -0.2) is 57.9 Å². The molecule has 0 aliphatic heterocycles. The van der Waals surface area contributed by atoms with Crippen molar-refractivity contribution in [2.45, 2.75) is 30.5 Å². The predicted molar refractivity (Wildman–Crippen MR) is 97.8 cm³/mol. The second-order valence-electron chi connectivity index (χ2n) is 6.11. The molecule has 2 amide bonds. The number of aromatic nitrogens is 3. The predicted octanol–water partition coefficient (Wildman–Crippen LogP) is 1.56. The monoisotopic (exact) mass is 379 g/mol. The van der Waals surface area contributed by atoms with Gasteiger partial charge in [-0.05, 0) is 24.3 Å². The van der Waals surface area contributed by atoms with Crippen LogP contribution in [0.25, 0.3) is 0 Å². The summed E-state index contributed by atoms with van der Waals surface area (Å²) < 4.78 is 2.17. The second kappa shape index (κ2) is 8.01. The van der Waals surface area contributed by atoms with Gasteiger partial charge in [0.2, 0.25) is 11.8 Å². The van der Waals surface area contributed by atoms with Gasteiger partial charge in [-0.1, -0.05) is 17.8 Å². The highest BCUT2D eigenvalue weighted by Crippen LogP contribution is 2.39. The van der Waals surface area contributed by atoms with Gasteiger partial charge < -0.3 is 14.8 Å². The molecule has 0 unspecified atom stereocenters. The quantitative estimate of drug-likeness (QED) is 0.704. The Bertz CT molecular complexity index is 738. The summed E-state index contributed by atoms with van der Waals surface area (Å²) in [6.45, 7) is 0.0192. The Labute approximate surface area is 154 Å². The van der Waals surface area contributed by atoms with Gasteiger partial charge in [-0.15, -0.1) is 21.5 Å². The maximum Gasteiger partial charge on any atom is 0.241 e. The van der Waals surface area contributed by atoms with Crippen LogP contribution < -0.4 is 5.32 Å². The number of thioether (sulfide) groups is 1. The van der Waals surface area contributed by atoms with E-state index in [0.717, 1.165) is 30.2 Å². The Balaban J connectivity index is 1.58. The van der Waals surface area contributed by atoms with E-state index in [1.807, 2.05) is 6.07 Å². The summed E-state index contributed by atoms with van der Waals surface area (Å²) >= 11 is 3.08. The Morgan fingerprint density at radius 1 is 1.40 bits per heavy atom. The van der Waals surface area contributed by atoms with Crippen LogP contribution >= 0.6 is 23.1 Å². The molecule has 1 aliphatic carbocycles. The van der Waals surface area contributed by atoms with Gasteiger partial charge in [0.15, 0.2) is 5.16 Å². The number of nitrogens with zero attached hydrogens (tertiary/aromatic N) is 4. The van der Waals surface area contributed by atoms with Crippen molar-refractivity contribution < 1.29 is 9.59 Å². The molecule has 7 nitrogen and oxygen atoms in total. The molecule has 0 radical (unpaired) electrons. The molecule has 0 atom stereocenters. The van der Waals surface area contributed by atoms with Gasteiger partial charge in [-0.2, -0.15) is 0 Å². The standard InChI is InChI=1S/C16H21N5O2S2/c1-20(2)15(23)9-17-14(22)10-25-16-19-18-13(21(16)11-5-6-11)8-12-4-3-7-24-12/h3-4,7,11H,5-6,8-10H2,1-2H3,(H,17,22). The molecule has 3 rings (SSSR count). The number of nitrogens with one attached hydrogen (secondary N) is 1. The summed E-state index contributed by atoms with van der Waals surface area (Å²) in [5.41, 5.74) is 0. The van der Waals surface area contributed by atoms with Crippen molar-refractivity contribution in [2.24, 2.45) is 0 Å². The number of rotatable bonds is 8. The minimum absolute atomic E-state index is 0.0192. The lowest BCUT2D eigenvalue weighted by molar-refractivity contribution is -0.130. The highest BCUT2D eigenvalue weighted by Gasteiger charge is 2.30. The third-order valence-corrected chi connectivity index (χ3v) is 5.65. The molecule has 1 aliphatic rings. The van der Waals surface area contributed by atoms with Crippen molar-refractivity contribution in [3.05, 3.63) is 28.2 Å². The molecule has 25 heavy (non-hydrogen) atoms. The smallest absolute Gasteiger partial charge is 0.241 e. The van der Waals surface area contributed by atoms with E-state index in [4.69, 9.17) is 0 Å². The van der Waals surface area contributed by atoms with Gasteiger partial charge in [0.25, 0.3) is 0 Å². The third-order valence-electron chi connectivity index (χ3n) is 3.83. The lowest BCUT2D eigenvalue weighted by Gasteiger charge is -2.11. The van der Waals surface area contributed by atoms with Crippen LogP contribution in [0.15, 0.2) is 22.7 Å². The lowest BCUT2D eigenvalue weighted by Crippen LogP contribution is -2.37. The molecule has 0 aromatic carbocycles. The van der Waals surface area contributed by atoms with Crippen LogP contribution in [0.2, 0.25) is 0 Å². The van der Waals surface area contributed by atoms with Crippen LogP contribution in [-0.2, 0) is 16.0 Å². The summed E-state index contributed by atoms with van der Waals surface area (Å²) in [4.78, 5) is 26.2. The number of carbonyl (C=O) groups is 2. The topological polar surface area (TPSA) is 80.1 Å². The summed E-state index contributed by atoms with van der Waals surface area (Å²) in [6.07, 6.45) is 3.03. The zero-order chi connectivity index (χ0) is 17.8. The molecule has 0 spiro atoms. The first kappa shape index (κ1) is 17.9. The van der Waals surface area contributed by atoms with Gasteiger partial charge in [0.05, 0.1) is 12.3 Å². The van der Waals surface area contributed by atoms with Gasteiger partial charge in [0.1, 0.15) is 5.82 Å². The van der Waals surface area contributed by atoms with E-state index in [2.05, 4.69) is 31.5 Å². The average molecular weight is 380 g/mol. The normalized spacial score (nSPS) is 13.7. The van der Waals surface area contributed by atoms with Gasteiger partial charge >= 0.3 is 0 Å². The van der Waals surface area contributed by atoms with Crippen molar-refractivity contribution >= 4 is 34.9 Å². The Kier molecular flexibility index (Phi) is 5.74. The van der Waals surface area contributed by atoms with Crippen molar-refractivity contribution in [1.29, 1.82) is 0 Å². The number of hydrogen-bond donors (Lipinski definition) is 1. The largest absolute Gasteiger partial charge is 0.347 e. The Morgan fingerprint density at radius 2 is 2.20 bits per heavy atom. The van der Waals surface area contributed by atoms with E-state index in [0.29, 0.717) is 6.04 Å². The van der Waals surface area contributed by atoms with Gasteiger partial charge in [-0.3, -0.25) is 9.59 Å². The molecule has 2 heterocycles. The molecule has 1 saturated carbocycles. The Hall–Kier alpha value is -1.87. The van der Waals surface area contributed by atoms with E-state index in [1.54, 1.807) is 25.4 Å². The first-order valence-corrected chi connectivity index (χ1v) is 9.97. The summed E-state index contributed by atoms with van der Waals surface area (Å²) in [6, 6.07) is 4.58. The molecule has 0 bridgehead atoms. The van der Waals surface area contributed by atoms with Crippen molar-refractivity contribution in [2.75, 3.05) is 26.4 Å². The minimum atomic E-state index is -0.176. The molecule has 2 aromatic heterocycles. The first-order chi connectivity index (χ1) is 12.0. The fourth-order valence-electron chi connectivity index (χ4n) is 2.31. The lowest BCUT2D eigenvalue weighted by atomic mass is 10.3. The fourth-order valence-corrected chi connectivity index (χ4v) is 3.86. The molecule has 1 N–H and O–H groups in total. The van der Waals surface area contributed by atoms with Gasteiger partial charge in [-0.25, -0.2) is 0 Å². The number of thiophene rings is 1. The van der Waals surface area contributed by atoms with Crippen LogP contribution in [0, 0.1) is 0 Å². The van der Waals surface area contributed by atoms with Crippen LogP contribution in [0.4, 0.5) is 0 Å². The van der Waals surface area contributed by atoms with E-state index in [1.165, 1.54) is 21.5 Å². The van der Waals surface area contributed by atoms with Crippen molar-refractivity contribution in [1.82, 2.24) is 25.0 Å². The number of amides is 2. The van der Waals surface area contributed by atoms with E-state index >= 15 is 0 Å². The molecule has 2 aromatic rings. The summed E-state index contributed by atoms with van der Waals surface area (Å²) in [5.74, 6) is 0.878. The second-order valence-corrected chi connectivity index (χ2v) is 8.08. The van der Waals surface area contributed by atoms with E-state index < -0.39 is 0 Å². The first-order valence-electron chi connectivity index (χ1n) is 8.10. The summed E-state index contributed by atoms with van der Waals surface area (Å²) in [7, 11) is 3.33. The maximum atomic E-state index is 11.9. The zero-order valence-electron chi connectivity index (χ0n) is 14.3. The molecular weight excluding hydrogens is 358 g/mol. The molecule has 134 valence electrons. The number of likely N-dealkylation sites (N-methyl/N-ethyl adjacent to an activating group) is 1. The highest BCUT2D eigenvalue weighted by atomic mass is 32.2. The highest BCUT2D eigenvalue weighted by molar-refractivity contribution is 7.99. The Morgan fingerprint density at radius 3 is 2.84 bits per heavy atom. The zero-order valence-corrected chi connectivity index (χ0v) is 15.9. The van der Waals surface area contributed by atoms with Crippen LogP contribution in [0.1, 0.15) is 29.6 Å². The van der Waals surface area contributed by atoms with E-state index in [-0.39, 0.29) is 24.1 Å². The van der Waals surface area contributed by atoms with Crippen LogP contribution in [0.3, 0.4) is 0 Å². The molecule has 9 heteroatoms. The van der Waals surface area contributed by atoms with Crippen molar-refractivity contribution in [3.63, 3.8) is 0 Å². The molecular formula is C16H21N5O2S2. The third kappa shape index (κ3) is 4.82. The molecule has 0 saturated heterocycles. The fraction of sp³-hybridized carbons (Fsp3) is 0.500. The van der Waals surface area contributed by atoms with Crippen molar-refractivity contribution in [3.8, 4) is 0 Å². The van der Waals surface area contributed by atoms with E-state index in [9.17, 15) is 9.59 Å².